The van der Waals surface area contributed by atoms with Crippen LogP contribution in [0.4, 0.5) is 0 Å². The van der Waals surface area contributed by atoms with Crippen molar-refractivity contribution in [3.8, 4) is 0 Å². The number of para-hydroxylation sites is 1. The first-order valence-corrected chi connectivity index (χ1v) is 9.06. The van der Waals surface area contributed by atoms with Gasteiger partial charge in [-0.05, 0) is 31.9 Å². The number of nitrogens with one attached hydrogen (secondary N) is 3. The zero-order chi connectivity index (χ0) is 16.2. The molecule has 0 spiro atoms. The van der Waals surface area contributed by atoms with E-state index in [1.165, 1.54) is 10.9 Å². The van der Waals surface area contributed by atoms with E-state index in [1.54, 1.807) is 13.8 Å². The average Bonchev–Trinajstić information content (AvgIpc) is 3.11. The number of nitrogens with zero attached hydrogens (tertiary/aromatic N) is 1. The second-order valence-corrected chi connectivity index (χ2v) is 7.77. The lowest BCUT2D eigenvalue weighted by Crippen LogP contribution is -2.36. The number of aryl methyl sites for hydroxylation is 2. The van der Waals surface area contributed by atoms with Crippen molar-refractivity contribution in [3.05, 3.63) is 46.9 Å². The molecule has 120 valence electrons. The summed E-state index contributed by atoms with van der Waals surface area (Å²) in [5.41, 5.74) is 4.52. The van der Waals surface area contributed by atoms with E-state index >= 15 is 0 Å². The summed E-state index contributed by atoms with van der Waals surface area (Å²) in [6.07, 6.45) is 1.38. The van der Waals surface area contributed by atoms with E-state index in [0.717, 1.165) is 11.2 Å². The van der Waals surface area contributed by atoms with Crippen LogP contribution in [-0.2, 0) is 22.9 Å². The maximum Gasteiger partial charge on any atom is 0.244 e. The quantitative estimate of drug-likeness (QED) is 0.685. The molecule has 7 heteroatoms. The molecule has 2 aromatic heterocycles. The molecule has 0 bridgehead atoms. The van der Waals surface area contributed by atoms with Crippen LogP contribution in [0.2, 0.25) is 0 Å². The van der Waals surface area contributed by atoms with Gasteiger partial charge in [-0.25, -0.2) is 13.1 Å². The molecule has 3 aromatic rings. The Labute approximate surface area is 134 Å². The second kappa shape index (κ2) is 4.94. The number of hydrogen-bond acceptors (Lipinski definition) is 3. The van der Waals surface area contributed by atoms with E-state index in [-0.39, 0.29) is 10.9 Å². The highest BCUT2D eigenvalue weighted by atomic mass is 32.2. The zero-order valence-corrected chi connectivity index (χ0v) is 13.8. The Morgan fingerprint density at radius 3 is 2.74 bits per heavy atom. The van der Waals surface area contributed by atoms with Crippen molar-refractivity contribution in [2.45, 2.75) is 37.6 Å². The van der Waals surface area contributed by atoms with Crippen LogP contribution in [0, 0.1) is 13.8 Å². The molecule has 1 unspecified atom stereocenters. The summed E-state index contributed by atoms with van der Waals surface area (Å²) < 4.78 is 28.1. The molecule has 0 saturated carbocycles. The second-order valence-electron chi connectivity index (χ2n) is 6.12. The van der Waals surface area contributed by atoms with Gasteiger partial charge < -0.3 is 4.98 Å². The Kier molecular flexibility index (Phi) is 3.11. The molecule has 3 N–H and O–H groups in total. The van der Waals surface area contributed by atoms with Crippen molar-refractivity contribution < 1.29 is 8.42 Å². The fourth-order valence-electron chi connectivity index (χ4n) is 3.53. The van der Waals surface area contributed by atoms with Gasteiger partial charge in [0, 0.05) is 29.1 Å². The van der Waals surface area contributed by atoms with Gasteiger partial charge in [0.25, 0.3) is 0 Å². The number of hydrogen-bond donors (Lipinski definition) is 3. The highest BCUT2D eigenvalue weighted by Crippen LogP contribution is 2.30. The molecular weight excluding hydrogens is 312 g/mol. The normalized spacial score (nSPS) is 17.7. The van der Waals surface area contributed by atoms with Crippen LogP contribution >= 0.6 is 0 Å². The lowest BCUT2D eigenvalue weighted by molar-refractivity contribution is 0.554. The summed E-state index contributed by atoms with van der Waals surface area (Å²) in [5, 5.41) is 7.89. The maximum atomic E-state index is 12.6. The fourth-order valence-corrected chi connectivity index (χ4v) is 5.13. The van der Waals surface area contributed by atoms with Crippen LogP contribution in [0.3, 0.4) is 0 Å². The maximum absolute atomic E-state index is 12.6. The van der Waals surface area contributed by atoms with Crippen LogP contribution < -0.4 is 4.72 Å². The van der Waals surface area contributed by atoms with E-state index in [9.17, 15) is 8.42 Å². The van der Waals surface area contributed by atoms with Gasteiger partial charge in [0.2, 0.25) is 10.0 Å². The summed E-state index contributed by atoms with van der Waals surface area (Å²) in [6, 6.07) is 8.00. The van der Waals surface area contributed by atoms with Crippen LogP contribution in [-0.4, -0.2) is 29.6 Å². The highest BCUT2D eigenvalue weighted by Gasteiger charge is 2.31. The Morgan fingerprint density at radius 2 is 2.00 bits per heavy atom. The molecule has 0 amide bonds. The third-order valence-electron chi connectivity index (χ3n) is 4.45. The molecule has 1 aliphatic carbocycles. The Bertz CT molecular complexity index is 981. The summed E-state index contributed by atoms with van der Waals surface area (Å²) in [6.45, 7) is 3.42. The summed E-state index contributed by atoms with van der Waals surface area (Å²) in [7, 11) is -3.57. The van der Waals surface area contributed by atoms with Crippen LogP contribution in [0.1, 0.15) is 22.6 Å². The third-order valence-corrected chi connectivity index (χ3v) is 6.24. The van der Waals surface area contributed by atoms with Crippen molar-refractivity contribution in [1.82, 2.24) is 19.9 Å². The minimum atomic E-state index is -3.57. The monoisotopic (exact) mass is 330 g/mol. The number of fused-ring (bicyclic) bond motifs is 3. The van der Waals surface area contributed by atoms with Gasteiger partial charge in [-0.15, -0.1) is 0 Å². The number of rotatable bonds is 3. The number of H-pyrrole nitrogens is 2. The summed E-state index contributed by atoms with van der Waals surface area (Å²) in [4.78, 5) is 3.66. The number of aromatic amines is 2. The van der Waals surface area contributed by atoms with E-state index in [4.69, 9.17) is 0 Å². The zero-order valence-electron chi connectivity index (χ0n) is 13.0. The van der Waals surface area contributed by atoms with Gasteiger partial charge in [0.05, 0.1) is 11.4 Å². The van der Waals surface area contributed by atoms with Crippen molar-refractivity contribution in [2.24, 2.45) is 0 Å². The molecule has 0 radical (unpaired) electrons. The molecule has 0 aliphatic heterocycles. The molecule has 0 fully saturated rings. The Balaban J connectivity index is 1.62. The molecule has 2 heterocycles. The van der Waals surface area contributed by atoms with Crippen LogP contribution in [0.15, 0.2) is 29.2 Å². The van der Waals surface area contributed by atoms with Crippen molar-refractivity contribution in [2.75, 3.05) is 0 Å². The Morgan fingerprint density at radius 1 is 1.22 bits per heavy atom. The topological polar surface area (TPSA) is 90.6 Å². The molecule has 1 aromatic carbocycles. The minimum absolute atomic E-state index is 0.125. The largest absolute Gasteiger partial charge is 0.358 e. The number of benzene rings is 1. The van der Waals surface area contributed by atoms with Crippen molar-refractivity contribution >= 4 is 20.9 Å². The van der Waals surface area contributed by atoms with Gasteiger partial charge in [-0.2, -0.15) is 5.10 Å². The van der Waals surface area contributed by atoms with E-state index in [2.05, 4.69) is 26.0 Å². The first-order chi connectivity index (χ1) is 11.0. The number of aromatic nitrogens is 3. The molecule has 1 atom stereocenters. The van der Waals surface area contributed by atoms with Crippen molar-refractivity contribution in [3.63, 3.8) is 0 Å². The predicted octanol–water partition coefficient (Wildman–Crippen LogP) is 1.95. The highest BCUT2D eigenvalue weighted by molar-refractivity contribution is 7.89. The smallest absolute Gasteiger partial charge is 0.244 e. The fraction of sp³-hybridized carbons (Fsp3) is 0.312. The number of sulfonamides is 1. The minimum Gasteiger partial charge on any atom is -0.358 e. The summed E-state index contributed by atoms with van der Waals surface area (Å²) >= 11 is 0. The van der Waals surface area contributed by atoms with Gasteiger partial charge in [0.15, 0.2) is 0 Å². The average molecular weight is 330 g/mol. The van der Waals surface area contributed by atoms with Gasteiger partial charge in [0.1, 0.15) is 4.90 Å². The van der Waals surface area contributed by atoms with E-state index < -0.39 is 10.0 Å². The first kappa shape index (κ1) is 14.5. The molecule has 1 aliphatic rings. The van der Waals surface area contributed by atoms with Gasteiger partial charge in [-0.1, -0.05) is 18.2 Å². The SMILES string of the molecule is Cc1n[nH]c(C)c1S(=O)(=O)NC1Cc2[nH]c3ccccc3c2C1. The molecule has 6 nitrogen and oxygen atoms in total. The van der Waals surface area contributed by atoms with Gasteiger partial charge >= 0.3 is 0 Å². The standard InChI is InChI=1S/C16H18N4O2S/c1-9-16(10(2)19-18-9)23(21,22)20-11-7-13-12-5-3-4-6-14(12)17-15(13)8-11/h3-6,11,17,20H,7-8H2,1-2H3,(H,18,19). The predicted molar refractivity (Wildman–Crippen MR) is 87.9 cm³/mol. The van der Waals surface area contributed by atoms with Crippen LogP contribution in [0.5, 0.6) is 0 Å². The molecule has 4 rings (SSSR count). The Hall–Kier alpha value is -2.12. The lowest BCUT2D eigenvalue weighted by atomic mass is 10.1. The first-order valence-electron chi connectivity index (χ1n) is 7.58. The summed E-state index contributed by atoms with van der Waals surface area (Å²) in [5.74, 6) is 0. The van der Waals surface area contributed by atoms with Crippen molar-refractivity contribution in [1.29, 1.82) is 0 Å². The molecule has 23 heavy (non-hydrogen) atoms. The van der Waals surface area contributed by atoms with E-state index in [1.807, 2.05) is 18.2 Å². The lowest BCUT2D eigenvalue weighted by Gasteiger charge is -2.13. The van der Waals surface area contributed by atoms with E-state index in [0.29, 0.717) is 24.2 Å². The van der Waals surface area contributed by atoms with Crippen LogP contribution in [0.25, 0.3) is 10.9 Å². The molecule has 0 saturated heterocycles. The van der Waals surface area contributed by atoms with Gasteiger partial charge in [-0.3, -0.25) is 5.10 Å². The third kappa shape index (κ3) is 2.27. The molecular formula is C16H18N4O2S.